The molecule has 1 amide bonds. The maximum atomic E-state index is 12.4. The molecule has 1 N–H and O–H groups in total. The van der Waals surface area contributed by atoms with E-state index in [0.29, 0.717) is 12.1 Å². The van der Waals surface area contributed by atoms with Crippen LogP contribution in [0.3, 0.4) is 0 Å². The molecule has 0 atom stereocenters. The van der Waals surface area contributed by atoms with Crippen LogP contribution in [-0.2, 0) is 12.3 Å². The number of aromatic nitrogens is 2. The molecule has 0 radical (unpaired) electrons. The van der Waals surface area contributed by atoms with Gasteiger partial charge in [-0.15, -0.1) is 23.1 Å². The second-order valence-electron chi connectivity index (χ2n) is 6.27. The molecule has 0 saturated heterocycles. The van der Waals surface area contributed by atoms with E-state index < -0.39 is 0 Å². The van der Waals surface area contributed by atoms with Crippen LogP contribution in [0.15, 0.2) is 52.9 Å². The minimum absolute atomic E-state index is 0.0788. The highest BCUT2D eigenvalue weighted by Gasteiger charge is 2.07. The summed E-state index contributed by atoms with van der Waals surface area (Å²) >= 11 is 3.39. The van der Waals surface area contributed by atoms with Crippen molar-refractivity contribution in [3.8, 4) is 0 Å². The number of nitrogens with zero attached hydrogens (tertiary/aromatic N) is 3. The largest absolute Gasteiger partial charge is 0.363 e. The molecule has 0 spiro atoms. The molecule has 0 aliphatic heterocycles. The molecule has 5 nitrogen and oxygen atoms in total. The van der Waals surface area contributed by atoms with E-state index in [1.807, 2.05) is 62.3 Å². The van der Waals surface area contributed by atoms with Gasteiger partial charge < -0.3 is 10.2 Å². The van der Waals surface area contributed by atoms with Crippen molar-refractivity contribution < 1.29 is 4.79 Å². The number of thioether (sulfide) groups is 1. The van der Waals surface area contributed by atoms with Crippen LogP contribution < -0.4 is 10.2 Å². The number of hydrogen-bond acceptors (Lipinski definition) is 6. The highest BCUT2D eigenvalue weighted by Crippen LogP contribution is 2.24. The van der Waals surface area contributed by atoms with Crippen LogP contribution in [0.4, 0.5) is 5.82 Å². The van der Waals surface area contributed by atoms with Gasteiger partial charge in [-0.1, -0.05) is 0 Å². The lowest BCUT2D eigenvalue weighted by Gasteiger charge is -2.12. The fourth-order valence-electron chi connectivity index (χ4n) is 2.43. The molecule has 2 aromatic heterocycles. The van der Waals surface area contributed by atoms with Crippen LogP contribution >= 0.6 is 23.1 Å². The van der Waals surface area contributed by atoms with Crippen LogP contribution in [-0.4, -0.2) is 30.0 Å². The first-order valence-electron chi connectivity index (χ1n) is 8.55. The number of nitrogens with one attached hydrogen (secondary N) is 1. The minimum Gasteiger partial charge on any atom is -0.363 e. The van der Waals surface area contributed by atoms with Crippen LogP contribution in [0.5, 0.6) is 0 Å². The maximum Gasteiger partial charge on any atom is 0.251 e. The lowest BCUT2D eigenvalue weighted by Crippen LogP contribution is -2.23. The third-order valence-electron chi connectivity index (χ3n) is 3.89. The first kappa shape index (κ1) is 19.4. The lowest BCUT2D eigenvalue weighted by molar-refractivity contribution is 0.0951. The topological polar surface area (TPSA) is 58.1 Å². The number of carbonyl (C=O) groups is 1. The number of amides is 1. The highest BCUT2D eigenvalue weighted by molar-refractivity contribution is 7.98. The Balaban J connectivity index is 1.53. The number of carbonyl (C=O) groups excluding carboxylic acids is 1. The van der Waals surface area contributed by atoms with E-state index in [1.54, 1.807) is 29.3 Å². The zero-order chi connectivity index (χ0) is 19.2. The standard InChI is InChI=1S/C20H22N4OS2/c1-14-23-17(12-26-14)13-27-18-6-4-16(5-7-18)20(25)22-11-15-8-9-21-19(10-15)24(2)3/h4-10,12H,11,13H2,1-3H3,(H,22,25). The van der Waals surface area contributed by atoms with Crippen molar-refractivity contribution in [1.82, 2.24) is 15.3 Å². The van der Waals surface area contributed by atoms with Gasteiger partial charge in [-0.05, 0) is 48.9 Å². The molecular weight excluding hydrogens is 376 g/mol. The van der Waals surface area contributed by atoms with Gasteiger partial charge in [0.25, 0.3) is 5.91 Å². The van der Waals surface area contributed by atoms with Crippen LogP contribution in [0.2, 0.25) is 0 Å². The summed E-state index contributed by atoms with van der Waals surface area (Å²) < 4.78 is 0. The van der Waals surface area contributed by atoms with Crippen molar-refractivity contribution in [1.29, 1.82) is 0 Å². The van der Waals surface area contributed by atoms with Crippen LogP contribution in [0.25, 0.3) is 0 Å². The number of rotatable bonds is 7. The summed E-state index contributed by atoms with van der Waals surface area (Å²) in [6.07, 6.45) is 1.76. The molecule has 0 unspecified atom stereocenters. The molecule has 0 fully saturated rings. The number of pyridine rings is 1. The van der Waals surface area contributed by atoms with Gasteiger partial charge in [-0.2, -0.15) is 0 Å². The minimum atomic E-state index is -0.0788. The van der Waals surface area contributed by atoms with E-state index in [2.05, 4.69) is 20.7 Å². The molecule has 3 rings (SSSR count). The zero-order valence-corrected chi connectivity index (χ0v) is 17.2. The summed E-state index contributed by atoms with van der Waals surface area (Å²) in [5, 5.41) is 6.14. The average Bonchev–Trinajstić information content (AvgIpc) is 3.10. The van der Waals surface area contributed by atoms with Crippen molar-refractivity contribution in [2.24, 2.45) is 0 Å². The molecule has 3 aromatic rings. The summed E-state index contributed by atoms with van der Waals surface area (Å²) in [4.78, 5) is 24.2. The van der Waals surface area contributed by atoms with Gasteiger partial charge in [0.2, 0.25) is 0 Å². The summed E-state index contributed by atoms with van der Waals surface area (Å²) in [5.74, 6) is 1.63. The fraction of sp³-hybridized carbons (Fsp3) is 0.250. The van der Waals surface area contributed by atoms with E-state index in [0.717, 1.165) is 32.7 Å². The number of aryl methyl sites for hydroxylation is 1. The second-order valence-corrected chi connectivity index (χ2v) is 8.38. The summed E-state index contributed by atoms with van der Waals surface area (Å²) in [5.41, 5.74) is 2.78. The summed E-state index contributed by atoms with van der Waals surface area (Å²) in [7, 11) is 3.89. The summed E-state index contributed by atoms with van der Waals surface area (Å²) in [6, 6.07) is 11.6. The number of hydrogen-bond donors (Lipinski definition) is 1. The predicted molar refractivity (Wildman–Crippen MR) is 113 cm³/mol. The summed E-state index contributed by atoms with van der Waals surface area (Å²) in [6.45, 7) is 2.49. The molecular formula is C20H22N4OS2. The van der Waals surface area contributed by atoms with Gasteiger partial charge in [0.15, 0.2) is 0 Å². The van der Waals surface area contributed by atoms with Crippen LogP contribution in [0, 0.1) is 6.92 Å². The fourth-order valence-corrected chi connectivity index (χ4v) is 3.94. The number of anilines is 1. The monoisotopic (exact) mass is 398 g/mol. The SMILES string of the molecule is Cc1nc(CSc2ccc(C(=O)NCc3ccnc(N(C)C)c3)cc2)cs1. The smallest absolute Gasteiger partial charge is 0.251 e. The normalized spacial score (nSPS) is 10.6. The maximum absolute atomic E-state index is 12.4. The third kappa shape index (κ3) is 5.55. The van der Waals surface area contributed by atoms with Gasteiger partial charge in [0.05, 0.1) is 10.7 Å². The van der Waals surface area contributed by atoms with Crippen molar-refractivity contribution in [3.05, 3.63) is 69.8 Å². The van der Waals surface area contributed by atoms with Gasteiger partial charge in [0, 0.05) is 48.4 Å². The first-order chi connectivity index (χ1) is 13.0. The van der Waals surface area contributed by atoms with E-state index in [1.165, 1.54) is 0 Å². The van der Waals surface area contributed by atoms with Gasteiger partial charge >= 0.3 is 0 Å². The zero-order valence-electron chi connectivity index (χ0n) is 15.6. The Morgan fingerprint density at radius 3 is 2.67 bits per heavy atom. The van der Waals surface area contributed by atoms with Gasteiger partial charge in [-0.25, -0.2) is 9.97 Å². The Bertz CT molecular complexity index is 906. The molecule has 2 heterocycles. The van der Waals surface area contributed by atoms with E-state index >= 15 is 0 Å². The van der Waals surface area contributed by atoms with Crippen LogP contribution in [0.1, 0.15) is 26.6 Å². The van der Waals surface area contributed by atoms with Crippen molar-refractivity contribution in [2.75, 3.05) is 19.0 Å². The van der Waals surface area contributed by atoms with E-state index in [-0.39, 0.29) is 5.91 Å². The Labute approximate surface area is 167 Å². The van der Waals surface area contributed by atoms with E-state index in [4.69, 9.17) is 0 Å². The van der Waals surface area contributed by atoms with E-state index in [9.17, 15) is 4.79 Å². The van der Waals surface area contributed by atoms with Crippen molar-refractivity contribution in [3.63, 3.8) is 0 Å². The molecule has 27 heavy (non-hydrogen) atoms. The molecule has 7 heteroatoms. The number of benzene rings is 1. The molecule has 0 aliphatic rings. The Morgan fingerprint density at radius 2 is 2.00 bits per heavy atom. The van der Waals surface area contributed by atoms with Crippen molar-refractivity contribution in [2.45, 2.75) is 24.1 Å². The lowest BCUT2D eigenvalue weighted by atomic mass is 10.2. The molecule has 1 aromatic carbocycles. The molecule has 0 bridgehead atoms. The third-order valence-corrected chi connectivity index (χ3v) is 5.76. The predicted octanol–water partition coefficient (Wildman–Crippen LogP) is 4.13. The highest BCUT2D eigenvalue weighted by atomic mass is 32.2. The quantitative estimate of drug-likeness (QED) is 0.606. The van der Waals surface area contributed by atoms with Crippen molar-refractivity contribution >= 4 is 34.8 Å². The number of thiazole rings is 1. The molecule has 0 aliphatic carbocycles. The Kier molecular flexibility index (Phi) is 6.47. The Morgan fingerprint density at radius 1 is 1.22 bits per heavy atom. The molecule has 0 saturated carbocycles. The average molecular weight is 399 g/mol. The molecule has 140 valence electrons. The first-order valence-corrected chi connectivity index (χ1v) is 10.4. The Hall–Kier alpha value is -2.38. The second kappa shape index (κ2) is 9.01. The van der Waals surface area contributed by atoms with Gasteiger partial charge in [-0.3, -0.25) is 4.79 Å². The van der Waals surface area contributed by atoms with Gasteiger partial charge in [0.1, 0.15) is 5.82 Å².